The van der Waals surface area contributed by atoms with Gasteiger partial charge in [0, 0.05) is 13.1 Å². The van der Waals surface area contributed by atoms with E-state index in [0.717, 1.165) is 31.0 Å². The van der Waals surface area contributed by atoms with Crippen LogP contribution in [0.4, 0.5) is 10.1 Å². The second-order valence-corrected chi connectivity index (χ2v) is 8.27. The molecule has 8 heteroatoms. The second-order valence-electron chi connectivity index (χ2n) is 6.18. The Hall–Kier alpha value is -2.12. The third kappa shape index (κ3) is 3.68. The summed E-state index contributed by atoms with van der Waals surface area (Å²) in [6, 6.07) is 8.13. The quantitative estimate of drug-likeness (QED) is 0.854. The molecule has 2 aromatic carbocycles. The minimum Gasteiger partial charge on any atom is -0.339 e. The van der Waals surface area contributed by atoms with Crippen molar-refractivity contribution in [2.45, 2.75) is 24.7 Å². The summed E-state index contributed by atoms with van der Waals surface area (Å²) in [5.74, 6) is -0.901. The lowest BCUT2D eigenvalue weighted by Crippen LogP contribution is -2.29. The summed E-state index contributed by atoms with van der Waals surface area (Å²) < 4.78 is 41.1. The molecule has 0 radical (unpaired) electrons. The maximum atomic E-state index is 13.3. The van der Waals surface area contributed by atoms with Gasteiger partial charge in [-0.3, -0.25) is 9.52 Å². The van der Waals surface area contributed by atoms with Crippen molar-refractivity contribution < 1.29 is 17.6 Å². The predicted octanol–water partition coefficient (Wildman–Crippen LogP) is 3.82. The largest absolute Gasteiger partial charge is 0.339 e. The lowest BCUT2D eigenvalue weighted by molar-refractivity contribution is 0.0793. The Labute approximate surface area is 156 Å². The van der Waals surface area contributed by atoms with E-state index >= 15 is 0 Å². The molecule has 0 aliphatic carbocycles. The first-order chi connectivity index (χ1) is 12.3. The molecule has 0 spiro atoms. The fourth-order valence-corrected chi connectivity index (χ4v) is 4.31. The van der Waals surface area contributed by atoms with Crippen LogP contribution in [-0.4, -0.2) is 32.3 Å². The number of carbonyl (C=O) groups excluding carboxylic acids is 1. The Morgan fingerprint density at radius 2 is 1.88 bits per heavy atom. The van der Waals surface area contributed by atoms with Crippen LogP contribution < -0.4 is 4.72 Å². The molecule has 1 aliphatic heterocycles. The smallest absolute Gasteiger partial charge is 0.261 e. The summed E-state index contributed by atoms with van der Waals surface area (Å²) in [5.41, 5.74) is 1.20. The van der Waals surface area contributed by atoms with E-state index < -0.39 is 15.8 Å². The first-order valence-electron chi connectivity index (χ1n) is 8.16. The summed E-state index contributed by atoms with van der Waals surface area (Å²) in [5, 5.41) is -0.287. The molecule has 1 aliphatic rings. The number of rotatable bonds is 4. The summed E-state index contributed by atoms with van der Waals surface area (Å²) in [7, 11) is -4.02. The van der Waals surface area contributed by atoms with Crippen LogP contribution in [0, 0.1) is 12.7 Å². The third-order valence-corrected chi connectivity index (χ3v) is 5.98. The van der Waals surface area contributed by atoms with E-state index in [1.54, 1.807) is 30.0 Å². The van der Waals surface area contributed by atoms with E-state index in [1.807, 2.05) is 0 Å². The minimum absolute atomic E-state index is 0.176. The van der Waals surface area contributed by atoms with Gasteiger partial charge < -0.3 is 4.90 Å². The number of nitrogens with one attached hydrogen (secondary N) is 1. The van der Waals surface area contributed by atoms with E-state index in [9.17, 15) is 17.6 Å². The van der Waals surface area contributed by atoms with Crippen molar-refractivity contribution in [2.24, 2.45) is 0 Å². The topological polar surface area (TPSA) is 66.5 Å². The highest BCUT2D eigenvalue weighted by Gasteiger charge is 2.25. The van der Waals surface area contributed by atoms with Gasteiger partial charge in [0.05, 0.1) is 21.2 Å². The number of amides is 1. The Morgan fingerprint density at radius 1 is 1.19 bits per heavy atom. The standard InChI is InChI=1S/C18H18ClFN2O3S/c1-12-5-4-6-16(17(12)18(23)22-9-2-3-10-22)21-26(24,25)13-7-8-15(20)14(19)11-13/h4-8,11,21H,2-3,9-10H2,1H3. The van der Waals surface area contributed by atoms with Crippen molar-refractivity contribution in [2.75, 3.05) is 17.8 Å². The number of anilines is 1. The second kappa shape index (κ2) is 7.25. The number of nitrogens with zero attached hydrogens (tertiary/aromatic N) is 1. The van der Waals surface area contributed by atoms with Gasteiger partial charge in [0.1, 0.15) is 5.82 Å². The molecule has 0 atom stereocenters. The van der Waals surface area contributed by atoms with E-state index in [2.05, 4.69) is 4.72 Å². The first-order valence-corrected chi connectivity index (χ1v) is 10.0. The Kier molecular flexibility index (Phi) is 5.20. The van der Waals surface area contributed by atoms with Gasteiger partial charge in [-0.05, 0) is 49.6 Å². The molecule has 1 saturated heterocycles. The molecule has 2 aromatic rings. The molecule has 1 N–H and O–H groups in total. The van der Waals surface area contributed by atoms with E-state index in [-0.39, 0.29) is 21.5 Å². The molecule has 0 bridgehead atoms. The maximum Gasteiger partial charge on any atom is 0.261 e. The third-order valence-electron chi connectivity index (χ3n) is 4.33. The molecule has 1 amide bonds. The van der Waals surface area contributed by atoms with Crippen LogP contribution in [0.2, 0.25) is 5.02 Å². The molecule has 0 saturated carbocycles. The first kappa shape index (κ1) is 18.7. The van der Waals surface area contributed by atoms with Gasteiger partial charge in [-0.1, -0.05) is 23.7 Å². The Balaban J connectivity index is 1.98. The molecule has 3 rings (SSSR count). The molecule has 26 heavy (non-hydrogen) atoms. The summed E-state index contributed by atoms with van der Waals surface area (Å²) in [6.45, 7) is 3.08. The van der Waals surface area contributed by atoms with Crippen molar-refractivity contribution >= 4 is 33.2 Å². The van der Waals surface area contributed by atoms with Gasteiger partial charge in [0.2, 0.25) is 0 Å². The summed E-state index contributed by atoms with van der Waals surface area (Å²) >= 11 is 5.69. The summed E-state index contributed by atoms with van der Waals surface area (Å²) in [6.07, 6.45) is 1.87. The number of halogens is 2. The zero-order chi connectivity index (χ0) is 18.9. The Morgan fingerprint density at radius 3 is 2.54 bits per heavy atom. The van der Waals surface area contributed by atoms with Crippen LogP contribution in [0.25, 0.3) is 0 Å². The number of aryl methyl sites for hydroxylation is 1. The molecular weight excluding hydrogens is 379 g/mol. The van der Waals surface area contributed by atoms with E-state index in [0.29, 0.717) is 24.2 Å². The van der Waals surface area contributed by atoms with Crippen LogP contribution in [0.15, 0.2) is 41.3 Å². The van der Waals surface area contributed by atoms with Crippen molar-refractivity contribution in [1.82, 2.24) is 4.90 Å². The highest BCUT2D eigenvalue weighted by molar-refractivity contribution is 7.92. The predicted molar refractivity (Wildman–Crippen MR) is 98.5 cm³/mol. The van der Waals surface area contributed by atoms with Crippen LogP contribution in [0.3, 0.4) is 0 Å². The van der Waals surface area contributed by atoms with Gasteiger partial charge in [-0.25, -0.2) is 12.8 Å². The van der Waals surface area contributed by atoms with Gasteiger partial charge in [0.15, 0.2) is 0 Å². The minimum atomic E-state index is -4.02. The fraction of sp³-hybridized carbons (Fsp3) is 0.278. The van der Waals surface area contributed by atoms with E-state index in [4.69, 9.17) is 11.6 Å². The number of likely N-dealkylation sites (tertiary alicyclic amines) is 1. The average Bonchev–Trinajstić information content (AvgIpc) is 3.11. The van der Waals surface area contributed by atoms with Gasteiger partial charge in [-0.2, -0.15) is 0 Å². The normalized spacial score (nSPS) is 14.5. The number of benzene rings is 2. The molecule has 138 valence electrons. The SMILES string of the molecule is Cc1cccc(NS(=O)(=O)c2ccc(F)c(Cl)c2)c1C(=O)N1CCCC1. The van der Waals surface area contributed by atoms with Crippen LogP contribution >= 0.6 is 11.6 Å². The van der Waals surface area contributed by atoms with Crippen LogP contribution in [-0.2, 0) is 10.0 Å². The number of hydrogen-bond donors (Lipinski definition) is 1. The maximum absolute atomic E-state index is 13.3. The van der Waals surface area contributed by atoms with E-state index in [1.165, 1.54) is 0 Å². The van der Waals surface area contributed by atoms with Crippen molar-refractivity contribution in [3.05, 3.63) is 58.4 Å². The summed E-state index contributed by atoms with van der Waals surface area (Å²) in [4.78, 5) is 14.4. The highest BCUT2D eigenvalue weighted by atomic mass is 35.5. The van der Waals surface area contributed by atoms with Crippen molar-refractivity contribution in [3.63, 3.8) is 0 Å². The molecule has 5 nitrogen and oxygen atoms in total. The van der Waals surface area contributed by atoms with Gasteiger partial charge >= 0.3 is 0 Å². The molecular formula is C18H18ClFN2O3S. The number of sulfonamides is 1. The van der Waals surface area contributed by atoms with Crippen LogP contribution in [0.5, 0.6) is 0 Å². The molecule has 0 aromatic heterocycles. The zero-order valence-corrected chi connectivity index (χ0v) is 15.7. The van der Waals surface area contributed by atoms with Gasteiger partial charge in [-0.15, -0.1) is 0 Å². The van der Waals surface area contributed by atoms with Gasteiger partial charge in [0.25, 0.3) is 15.9 Å². The molecule has 1 fully saturated rings. The Bertz CT molecular complexity index is 957. The average molecular weight is 397 g/mol. The van der Waals surface area contributed by atoms with Crippen molar-refractivity contribution in [3.8, 4) is 0 Å². The van der Waals surface area contributed by atoms with Crippen molar-refractivity contribution in [1.29, 1.82) is 0 Å². The molecule has 1 heterocycles. The van der Waals surface area contributed by atoms with Crippen LogP contribution in [0.1, 0.15) is 28.8 Å². The lowest BCUT2D eigenvalue weighted by Gasteiger charge is -2.20. The monoisotopic (exact) mass is 396 g/mol. The fourth-order valence-electron chi connectivity index (χ4n) is 2.96. The highest BCUT2D eigenvalue weighted by Crippen LogP contribution is 2.27. The lowest BCUT2D eigenvalue weighted by atomic mass is 10.1. The number of carbonyl (C=O) groups is 1. The molecule has 0 unspecified atom stereocenters. The zero-order valence-electron chi connectivity index (χ0n) is 14.1. The number of hydrogen-bond acceptors (Lipinski definition) is 3.